The molecule has 14 heavy (non-hydrogen) atoms. The van der Waals surface area contributed by atoms with E-state index in [1.54, 1.807) is 6.92 Å². The highest BCUT2D eigenvalue weighted by Crippen LogP contribution is 2.26. The highest BCUT2D eigenvalue weighted by molar-refractivity contribution is 5.31. The summed E-state index contributed by atoms with van der Waals surface area (Å²) in [6.45, 7) is 1.65. The van der Waals surface area contributed by atoms with Gasteiger partial charge in [-0.3, -0.25) is 0 Å². The van der Waals surface area contributed by atoms with E-state index in [0.29, 0.717) is 0 Å². The van der Waals surface area contributed by atoms with Crippen molar-refractivity contribution < 1.29 is 18.6 Å². The van der Waals surface area contributed by atoms with Crippen LogP contribution in [0.5, 0.6) is 5.75 Å². The molecule has 0 fully saturated rings. The van der Waals surface area contributed by atoms with Crippen LogP contribution < -0.4 is 4.74 Å². The van der Waals surface area contributed by atoms with E-state index < -0.39 is 17.7 Å². The Labute approximate surface area is 81.1 Å². The summed E-state index contributed by atoms with van der Waals surface area (Å²) in [5.41, 5.74) is -0.298. The molecule has 0 heterocycles. The van der Waals surface area contributed by atoms with Gasteiger partial charge in [0.05, 0.1) is 18.8 Å². The summed E-state index contributed by atoms with van der Waals surface area (Å²) in [6, 6.07) is 2.11. The fraction of sp³-hybridized carbons (Fsp3) is 0.400. The highest BCUT2D eigenvalue weighted by atomic mass is 19.1. The van der Waals surface area contributed by atoms with Crippen LogP contribution in [-0.4, -0.2) is 12.2 Å². The van der Waals surface area contributed by atoms with Crippen molar-refractivity contribution in [3.8, 4) is 5.75 Å². The maximum absolute atomic E-state index is 13.3. The lowest BCUT2D eigenvalue weighted by Gasteiger charge is -2.11. The van der Waals surface area contributed by atoms with E-state index in [0.717, 1.165) is 12.1 Å². The maximum Gasteiger partial charge on any atom is 0.135 e. The van der Waals surface area contributed by atoms with E-state index in [2.05, 4.69) is 4.74 Å². The molecule has 2 nitrogen and oxygen atoms in total. The summed E-state index contributed by atoms with van der Waals surface area (Å²) in [5, 5.41) is 9.33. The van der Waals surface area contributed by atoms with Crippen molar-refractivity contribution in [1.29, 1.82) is 0 Å². The molecule has 1 N–H and O–H groups in total. The van der Waals surface area contributed by atoms with Crippen LogP contribution in [-0.2, 0) is 0 Å². The Morgan fingerprint density at radius 2 is 1.86 bits per heavy atom. The summed E-state index contributed by atoms with van der Waals surface area (Å²) < 4.78 is 31.2. The van der Waals surface area contributed by atoms with E-state index in [1.165, 1.54) is 7.11 Å². The van der Waals surface area contributed by atoms with Crippen LogP contribution in [0.15, 0.2) is 12.1 Å². The minimum absolute atomic E-state index is 0.104. The summed E-state index contributed by atoms with van der Waals surface area (Å²) in [4.78, 5) is 0. The molecular formula is C10H12F2O2. The Morgan fingerprint density at radius 1 is 1.36 bits per heavy atom. The van der Waals surface area contributed by atoms with Gasteiger partial charge in [0.25, 0.3) is 0 Å². The van der Waals surface area contributed by atoms with Crippen LogP contribution in [0.2, 0.25) is 0 Å². The number of methoxy groups -OCH3 is 1. The molecule has 0 saturated carbocycles. The van der Waals surface area contributed by atoms with Crippen molar-refractivity contribution in [1.82, 2.24) is 0 Å². The van der Waals surface area contributed by atoms with Crippen molar-refractivity contribution in [2.75, 3.05) is 7.11 Å². The molecule has 0 aliphatic heterocycles. The molecule has 1 atom stereocenters. The third-order valence-electron chi connectivity index (χ3n) is 2.01. The molecule has 1 aromatic rings. The Hall–Kier alpha value is -1.16. The van der Waals surface area contributed by atoms with E-state index in [1.807, 2.05) is 0 Å². The third-order valence-corrected chi connectivity index (χ3v) is 2.01. The van der Waals surface area contributed by atoms with E-state index >= 15 is 0 Å². The van der Waals surface area contributed by atoms with Gasteiger partial charge in [0.2, 0.25) is 0 Å². The molecule has 4 heteroatoms. The topological polar surface area (TPSA) is 29.5 Å². The molecule has 0 aliphatic carbocycles. The molecule has 1 aromatic carbocycles. The fourth-order valence-electron chi connectivity index (χ4n) is 1.20. The third kappa shape index (κ3) is 2.01. The number of benzene rings is 1. The van der Waals surface area contributed by atoms with Gasteiger partial charge >= 0.3 is 0 Å². The van der Waals surface area contributed by atoms with Crippen LogP contribution in [0.1, 0.15) is 25.0 Å². The number of hydrogen-bond donors (Lipinski definition) is 1. The molecule has 0 radical (unpaired) electrons. The van der Waals surface area contributed by atoms with Crippen LogP contribution in [0, 0.1) is 11.6 Å². The zero-order chi connectivity index (χ0) is 10.7. The first-order valence-electron chi connectivity index (χ1n) is 4.31. The summed E-state index contributed by atoms with van der Waals surface area (Å²) in [5.74, 6) is -1.46. The molecule has 0 aromatic heterocycles. The Morgan fingerprint density at radius 3 is 2.21 bits per heavy atom. The van der Waals surface area contributed by atoms with E-state index in [9.17, 15) is 13.9 Å². The predicted molar refractivity (Wildman–Crippen MR) is 48.2 cm³/mol. The van der Waals surface area contributed by atoms with Crippen LogP contribution >= 0.6 is 0 Å². The first-order chi connectivity index (χ1) is 6.60. The average Bonchev–Trinajstić information content (AvgIpc) is 2.16. The quantitative estimate of drug-likeness (QED) is 0.815. The van der Waals surface area contributed by atoms with Crippen LogP contribution in [0.3, 0.4) is 0 Å². The minimum Gasteiger partial charge on any atom is -0.497 e. The summed E-state index contributed by atoms with van der Waals surface area (Å²) in [6.07, 6.45) is -0.846. The second-order valence-corrected chi connectivity index (χ2v) is 2.93. The number of rotatable bonds is 3. The molecule has 1 rings (SSSR count). The lowest BCUT2D eigenvalue weighted by Crippen LogP contribution is -2.03. The van der Waals surface area contributed by atoms with Crippen molar-refractivity contribution >= 4 is 0 Å². The molecule has 1 unspecified atom stereocenters. The molecule has 0 aliphatic rings. The van der Waals surface area contributed by atoms with Gasteiger partial charge in [-0.05, 0) is 6.42 Å². The van der Waals surface area contributed by atoms with Gasteiger partial charge in [0, 0.05) is 12.1 Å². The van der Waals surface area contributed by atoms with Crippen molar-refractivity contribution in [2.45, 2.75) is 19.4 Å². The van der Waals surface area contributed by atoms with Crippen molar-refractivity contribution in [2.24, 2.45) is 0 Å². The number of halogens is 2. The molecule has 0 bridgehead atoms. The summed E-state index contributed by atoms with van der Waals surface area (Å²) >= 11 is 0. The molecule has 0 saturated heterocycles. The van der Waals surface area contributed by atoms with Crippen LogP contribution in [0.4, 0.5) is 8.78 Å². The second-order valence-electron chi connectivity index (χ2n) is 2.93. The van der Waals surface area contributed by atoms with Crippen molar-refractivity contribution in [3.05, 3.63) is 29.3 Å². The number of aliphatic hydroxyl groups excluding tert-OH is 1. The van der Waals surface area contributed by atoms with Gasteiger partial charge in [-0.1, -0.05) is 6.92 Å². The van der Waals surface area contributed by atoms with Gasteiger partial charge in [-0.2, -0.15) is 0 Å². The van der Waals surface area contributed by atoms with Gasteiger partial charge in [0.1, 0.15) is 17.4 Å². The average molecular weight is 202 g/mol. The van der Waals surface area contributed by atoms with E-state index in [-0.39, 0.29) is 17.7 Å². The monoisotopic (exact) mass is 202 g/mol. The molecule has 0 amide bonds. The first kappa shape index (κ1) is 10.9. The van der Waals surface area contributed by atoms with Crippen molar-refractivity contribution in [3.63, 3.8) is 0 Å². The summed E-state index contributed by atoms with van der Waals surface area (Å²) in [7, 11) is 1.32. The first-order valence-corrected chi connectivity index (χ1v) is 4.31. The standard InChI is InChI=1S/C10H12F2O2/c1-3-9(13)10-7(11)4-6(14-2)5-8(10)12/h4-5,9,13H,3H2,1-2H3. The fourth-order valence-corrected chi connectivity index (χ4v) is 1.20. The smallest absolute Gasteiger partial charge is 0.135 e. The van der Waals surface area contributed by atoms with Gasteiger partial charge in [-0.15, -0.1) is 0 Å². The normalized spacial score (nSPS) is 12.6. The Kier molecular flexibility index (Phi) is 3.41. The zero-order valence-electron chi connectivity index (χ0n) is 8.05. The lowest BCUT2D eigenvalue weighted by molar-refractivity contribution is 0.163. The molecule has 0 spiro atoms. The van der Waals surface area contributed by atoms with E-state index in [4.69, 9.17) is 0 Å². The maximum atomic E-state index is 13.3. The highest BCUT2D eigenvalue weighted by Gasteiger charge is 2.17. The van der Waals surface area contributed by atoms with Gasteiger partial charge in [-0.25, -0.2) is 8.78 Å². The zero-order valence-corrected chi connectivity index (χ0v) is 8.05. The SMILES string of the molecule is CCC(O)c1c(F)cc(OC)cc1F. The number of hydrogen-bond acceptors (Lipinski definition) is 2. The second kappa shape index (κ2) is 4.37. The lowest BCUT2D eigenvalue weighted by atomic mass is 10.1. The van der Waals surface area contributed by atoms with Gasteiger partial charge in [0.15, 0.2) is 0 Å². The number of ether oxygens (including phenoxy) is 1. The largest absolute Gasteiger partial charge is 0.497 e. The Balaban J connectivity index is 3.18. The van der Waals surface area contributed by atoms with Gasteiger partial charge < -0.3 is 9.84 Å². The number of aliphatic hydroxyl groups is 1. The molecule has 78 valence electrons. The Bertz CT molecular complexity index is 303. The predicted octanol–water partition coefficient (Wildman–Crippen LogP) is 2.42. The minimum atomic E-state index is -1.11. The van der Waals surface area contributed by atoms with Crippen LogP contribution in [0.25, 0.3) is 0 Å². The molecular weight excluding hydrogens is 190 g/mol.